The third kappa shape index (κ3) is 2.71. The molecule has 2 rings (SSSR count). The van der Waals surface area contributed by atoms with Crippen molar-refractivity contribution in [1.29, 1.82) is 0 Å². The van der Waals surface area contributed by atoms with Gasteiger partial charge in [-0.2, -0.15) is 0 Å². The number of nitrogens with zero attached hydrogens (tertiary/aromatic N) is 1. The van der Waals surface area contributed by atoms with Gasteiger partial charge in [-0.05, 0) is 44.0 Å². The lowest BCUT2D eigenvalue weighted by molar-refractivity contribution is 0.0690. The predicted molar refractivity (Wildman–Crippen MR) is 79.5 cm³/mol. The van der Waals surface area contributed by atoms with Crippen LogP contribution in [0.15, 0.2) is 24.3 Å². The topological polar surface area (TPSA) is 88.2 Å². The fraction of sp³-hybridized carbons (Fsp3) is 0.200. The van der Waals surface area contributed by atoms with Gasteiger partial charge < -0.3 is 16.2 Å². The number of hydrogen-bond donors (Lipinski definition) is 3. The van der Waals surface area contributed by atoms with Gasteiger partial charge in [0, 0.05) is 5.69 Å². The smallest absolute Gasteiger partial charge is 0.354 e. The van der Waals surface area contributed by atoms with E-state index in [1.54, 1.807) is 0 Å². The molecule has 1 aromatic carbocycles. The maximum atomic E-state index is 11.0. The van der Waals surface area contributed by atoms with Crippen LogP contribution in [0.1, 0.15) is 27.2 Å². The molecule has 104 valence electrons. The zero-order valence-corrected chi connectivity index (χ0v) is 11.7. The summed E-state index contributed by atoms with van der Waals surface area (Å²) in [5, 5.41) is 12.1. The number of nitrogens with one attached hydrogen (secondary N) is 1. The van der Waals surface area contributed by atoms with Crippen molar-refractivity contribution >= 4 is 23.2 Å². The van der Waals surface area contributed by atoms with E-state index in [-0.39, 0.29) is 5.69 Å². The number of pyridine rings is 1. The first-order valence-corrected chi connectivity index (χ1v) is 6.23. The van der Waals surface area contributed by atoms with Gasteiger partial charge in [0.2, 0.25) is 0 Å². The first kappa shape index (κ1) is 13.9. The Balaban J connectivity index is 2.45. The largest absolute Gasteiger partial charge is 0.477 e. The molecular weight excluding hydrogens is 254 g/mol. The summed E-state index contributed by atoms with van der Waals surface area (Å²) >= 11 is 0. The van der Waals surface area contributed by atoms with Gasteiger partial charge in [0.05, 0.1) is 5.69 Å². The zero-order chi connectivity index (χ0) is 14.9. The molecule has 0 aliphatic rings. The van der Waals surface area contributed by atoms with Gasteiger partial charge in [0.25, 0.3) is 0 Å². The standard InChI is InChI=1S/C15H17N3O2/c1-8-6-9(2)13(10(3)7-8)18-14-11(16)4-5-12(17-14)15(19)20/h4-7H,16H2,1-3H3,(H,17,18)(H,19,20). The Morgan fingerprint density at radius 1 is 1.20 bits per heavy atom. The molecule has 0 unspecified atom stereocenters. The summed E-state index contributed by atoms with van der Waals surface area (Å²) in [7, 11) is 0. The minimum atomic E-state index is -1.08. The second kappa shape index (κ2) is 5.21. The van der Waals surface area contributed by atoms with Crippen molar-refractivity contribution in [3.8, 4) is 0 Å². The van der Waals surface area contributed by atoms with Crippen LogP contribution in [-0.4, -0.2) is 16.1 Å². The van der Waals surface area contributed by atoms with E-state index in [4.69, 9.17) is 10.8 Å². The van der Waals surface area contributed by atoms with E-state index >= 15 is 0 Å². The van der Waals surface area contributed by atoms with Crippen LogP contribution in [0.4, 0.5) is 17.2 Å². The molecule has 0 atom stereocenters. The lowest BCUT2D eigenvalue weighted by Gasteiger charge is -2.15. The van der Waals surface area contributed by atoms with Crippen molar-refractivity contribution < 1.29 is 9.90 Å². The Kier molecular flexibility index (Phi) is 3.61. The first-order chi connectivity index (χ1) is 9.38. The highest BCUT2D eigenvalue weighted by Crippen LogP contribution is 2.27. The van der Waals surface area contributed by atoms with E-state index in [9.17, 15) is 4.79 Å². The number of carbonyl (C=O) groups is 1. The molecule has 0 amide bonds. The average molecular weight is 271 g/mol. The number of nitrogen functional groups attached to an aromatic ring is 1. The van der Waals surface area contributed by atoms with Crippen LogP contribution in [0.25, 0.3) is 0 Å². The molecule has 20 heavy (non-hydrogen) atoms. The summed E-state index contributed by atoms with van der Waals surface area (Å²) < 4.78 is 0. The Bertz CT molecular complexity index is 658. The number of aromatic nitrogens is 1. The Morgan fingerprint density at radius 3 is 2.35 bits per heavy atom. The van der Waals surface area contributed by atoms with Gasteiger partial charge >= 0.3 is 5.97 Å². The van der Waals surface area contributed by atoms with Crippen LogP contribution in [0.5, 0.6) is 0 Å². The number of anilines is 3. The van der Waals surface area contributed by atoms with Crippen molar-refractivity contribution in [2.45, 2.75) is 20.8 Å². The molecule has 0 saturated heterocycles. The number of carboxylic acids is 1. The van der Waals surface area contributed by atoms with Gasteiger partial charge in [-0.25, -0.2) is 9.78 Å². The van der Waals surface area contributed by atoms with Crippen LogP contribution in [-0.2, 0) is 0 Å². The van der Waals surface area contributed by atoms with E-state index in [1.165, 1.54) is 17.7 Å². The van der Waals surface area contributed by atoms with Crippen LogP contribution >= 0.6 is 0 Å². The van der Waals surface area contributed by atoms with Crippen molar-refractivity contribution in [2.24, 2.45) is 0 Å². The summed E-state index contributed by atoms with van der Waals surface area (Å²) in [5.41, 5.74) is 10.4. The van der Waals surface area contributed by atoms with Gasteiger partial charge in [0.1, 0.15) is 0 Å². The second-order valence-corrected chi connectivity index (χ2v) is 4.84. The minimum absolute atomic E-state index is 0.0379. The van der Waals surface area contributed by atoms with Crippen molar-refractivity contribution in [1.82, 2.24) is 4.98 Å². The Hall–Kier alpha value is -2.56. The van der Waals surface area contributed by atoms with Crippen molar-refractivity contribution in [3.05, 3.63) is 46.6 Å². The van der Waals surface area contributed by atoms with Crippen LogP contribution in [0, 0.1) is 20.8 Å². The van der Waals surface area contributed by atoms with E-state index in [2.05, 4.69) is 10.3 Å². The molecule has 1 heterocycles. The lowest BCUT2D eigenvalue weighted by atomic mass is 10.1. The van der Waals surface area contributed by atoms with Gasteiger partial charge in [0.15, 0.2) is 11.5 Å². The highest BCUT2D eigenvalue weighted by Gasteiger charge is 2.11. The highest BCUT2D eigenvalue weighted by molar-refractivity contribution is 5.87. The van der Waals surface area contributed by atoms with E-state index in [1.807, 2.05) is 32.9 Å². The van der Waals surface area contributed by atoms with E-state index < -0.39 is 5.97 Å². The molecule has 0 aliphatic heterocycles. The first-order valence-electron chi connectivity index (χ1n) is 6.23. The number of nitrogens with two attached hydrogens (primary N) is 1. The number of benzene rings is 1. The third-order valence-corrected chi connectivity index (χ3v) is 3.07. The number of rotatable bonds is 3. The molecule has 0 fully saturated rings. The van der Waals surface area contributed by atoms with Gasteiger partial charge in [-0.3, -0.25) is 0 Å². The lowest BCUT2D eigenvalue weighted by Crippen LogP contribution is -2.07. The molecular formula is C15H17N3O2. The summed E-state index contributed by atoms with van der Waals surface area (Å²) in [6.45, 7) is 6.00. The normalized spacial score (nSPS) is 10.3. The average Bonchev–Trinajstić information content (AvgIpc) is 2.35. The fourth-order valence-corrected chi connectivity index (χ4v) is 2.18. The summed E-state index contributed by atoms with van der Waals surface area (Å²) in [6.07, 6.45) is 0. The molecule has 2 aromatic rings. The molecule has 0 bridgehead atoms. The second-order valence-electron chi connectivity index (χ2n) is 4.84. The Morgan fingerprint density at radius 2 is 1.80 bits per heavy atom. The van der Waals surface area contributed by atoms with Gasteiger partial charge in [-0.15, -0.1) is 0 Å². The van der Waals surface area contributed by atoms with Crippen LogP contribution in [0.2, 0.25) is 0 Å². The third-order valence-electron chi connectivity index (χ3n) is 3.07. The van der Waals surface area contributed by atoms with Crippen molar-refractivity contribution in [3.63, 3.8) is 0 Å². The molecule has 4 N–H and O–H groups in total. The maximum absolute atomic E-state index is 11.0. The number of aromatic carboxylic acids is 1. The SMILES string of the molecule is Cc1cc(C)c(Nc2nc(C(=O)O)ccc2N)c(C)c1. The van der Waals surface area contributed by atoms with E-state index in [0.29, 0.717) is 11.5 Å². The zero-order valence-electron chi connectivity index (χ0n) is 11.7. The summed E-state index contributed by atoms with van der Waals surface area (Å²) in [4.78, 5) is 15.0. The molecule has 0 spiro atoms. The van der Waals surface area contributed by atoms with Crippen molar-refractivity contribution in [2.75, 3.05) is 11.1 Å². The Labute approximate surface area is 117 Å². The number of carboxylic acid groups (broad SMARTS) is 1. The number of hydrogen-bond acceptors (Lipinski definition) is 4. The minimum Gasteiger partial charge on any atom is -0.477 e. The van der Waals surface area contributed by atoms with Crippen LogP contribution in [0.3, 0.4) is 0 Å². The van der Waals surface area contributed by atoms with Crippen LogP contribution < -0.4 is 11.1 Å². The number of aryl methyl sites for hydroxylation is 3. The predicted octanol–water partition coefficient (Wildman–Crippen LogP) is 3.03. The van der Waals surface area contributed by atoms with E-state index in [0.717, 1.165) is 16.8 Å². The molecule has 1 aromatic heterocycles. The molecule has 0 radical (unpaired) electrons. The fourth-order valence-electron chi connectivity index (χ4n) is 2.18. The highest BCUT2D eigenvalue weighted by atomic mass is 16.4. The molecule has 0 saturated carbocycles. The summed E-state index contributed by atoms with van der Waals surface area (Å²) in [5.74, 6) is -0.717. The molecule has 5 nitrogen and oxygen atoms in total. The quantitative estimate of drug-likeness (QED) is 0.798. The summed E-state index contributed by atoms with van der Waals surface area (Å²) in [6, 6.07) is 7.02. The molecule has 5 heteroatoms. The van der Waals surface area contributed by atoms with Gasteiger partial charge in [-0.1, -0.05) is 17.7 Å². The maximum Gasteiger partial charge on any atom is 0.354 e. The molecule has 0 aliphatic carbocycles. The monoisotopic (exact) mass is 271 g/mol.